The van der Waals surface area contributed by atoms with Crippen LogP contribution in [0.4, 0.5) is 0 Å². The molecule has 0 spiro atoms. The minimum atomic E-state index is 0.356. The summed E-state index contributed by atoms with van der Waals surface area (Å²) in [7, 11) is 1.82. The Balaban J connectivity index is 1.49. The van der Waals surface area contributed by atoms with Gasteiger partial charge in [0.25, 0.3) is 0 Å². The van der Waals surface area contributed by atoms with Crippen LogP contribution in [0.1, 0.15) is 37.7 Å². The maximum atomic E-state index is 5.92. The molecule has 4 nitrogen and oxygen atoms in total. The number of likely N-dealkylation sites (tertiary alicyclic amines) is 1. The van der Waals surface area contributed by atoms with E-state index >= 15 is 0 Å². The Labute approximate surface area is 121 Å². The Morgan fingerprint density at radius 2 is 2.10 bits per heavy atom. The van der Waals surface area contributed by atoms with Crippen LogP contribution in [0, 0.1) is 5.92 Å². The molecule has 2 fully saturated rings. The van der Waals surface area contributed by atoms with Gasteiger partial charge in [-0.25, -0.2) is 0 Å². The third-order valence-corrected chi connectivity index (χ3v) is 4.52. The molecule has 0 bridgehead atoms. The number of nitrogens with zero attached hydrogens (tertiary/aromatic N) is 1. The summed E-state index contributed by atoms with van der Waals surface area (Å²) in [5.41, 5.74) is 0. The van der Waals surface area contributed by atoms with Gasteiger partial charge < -0.3 is 14.5 Å². The average Bonchev–Trinajstić information content (AvgIpc) is 3.18. The lowest BCUT2D eigenvalue weighted by molar-refractivity contribution is -0.00925. The Hall–Kier alpha value is -0.840. The Morgan fingerprint density at radius 3 is 2.85 bits per heavy atom. The third kappa shape index (κ3) is 3.62. The van der Waals surface area contributed by atoms with Gasteiger partial charge in [0, 0.05) is 19.7 Å². The fourth-order valence-corrected chi connectivity index (χ4v) is 2.90. The van der Waals surface area contributed by atoms with Gasteiger partial charge in [0.15, 0.2) is 0 Å². The van der Waals surface area contributed by atoms with Crippen LogP contribution in [0.3, 0.4) is 0 Å². The first-order chi connectivity index (χ1) is 9.74. The highest BCUT2D eigenvalue weighted by Gasteiger charge is 2.26. The summed E-state index contributed by atoms with van der Waals surface area (Å²) in [6.45, 7) is 6.18. The third-order valence-electron chi connectivity index (χ3n) is 4.52. The lowest BCUT2D eigenvalue weighted by Crippen LogP contribution is -2.43. The number of hydrogen-bond acceptors (Lipinski definition) is 4. The largest absolute Gasteiger partial charge is 0.463 e. The molecular formula is C16H26N2O2. The maximum absolute atomic E-state index is 5.92. The van der Waals surface area contributed by atoms with Crippen LogP contribution in [-0.2, 0) is 17.8 Å². The first-order valence-electron chi connectivity index (χ1n) is 7.80. The molecule has 0 amide bonds. The predicted octanol–water partition coefficient (Wildman–Crippen LogP) is 2.39. The maximum Gasteiger partial charge on any atom is 0.118 e. The van der Waals surface area contributed by atoms with Crippen molar-refractivity contribution in [3.8, 4) is 0 Å². The second kappa shape index (κ2) is 6.29. The Kier molecular flexibility index (Phi) is 4.44. The van der Waals surface area contributed by atoms with E-state index in [2.05, 4.69) is 29.3 Å². The van der Waals surface area contributed by atoms with Crippen LogP contribution < -0.4 is 5.32 Å². The van der Waals surface area contributed by atoms with E-state index in [4.69, 9.17) is 9.15 Å². The molecule has 1 aliphatic heterocycles. The second-order valence-electron chi connectivity index (χ2n) is 6.30. The van der Waals surface area contributed by atoms with E-state index < -0.39 is 0 Å². The monoisotopic (exact) mass is 278 g/mol. The average molecular weight is 278 g/mol. The van der Waals surface area contributed by atoms with Crippen molar-refractivity contribution in [2.75, 3.05) is 20.2 Å². The second-order valence-corrected chi connectivity index (χ2v) is 6.30. The van der Waals surface area contributed by atoms with Gasteiger partial charge in [0.05, 0.1) is 19.2 Å². The van der Waals surface area contributed by atoms with Crippen molar-refractivity contribution in [3.63, 3.8) is 0 Å². The summed E-state index contributed by atoms with van der Waals surface area (Å²) in [5, 5.41) is 3.48. The van der Waals surface area contributed by atoms with E-state index in [1.54, 1.807) is 0 Å². The summed E-state index contributed by atoms with van der Waals surface area (Å²) in [6, 6.07) is 4.95. The van der Waals surface area contributed by atoms with Gasteiger partial charge in [-0.2, -0.15) is 0 Å². The van der Waals surface area contributed by atoms with Crippen LogP contribution in [0.15, 0.2) is 16.5 Å². The van der Waals surface area contributed by atoms with Crippen LogP contribution in [0.25, 0.3) is 0 Å². The molecule has 1 saturated carbocycles. The molecule has 2 heterocycles. The lowest BCUT2D eigenvalue weighted by Gasteiger charge is -2.35. The summed E-state index contributed by atoms with van der Waals surface area (Å²) < 4.78 is 11.5. The first kappa shape index (κ1) is 14.1. The number of furan rings is 1. The Morgan fingerprint density at radius 1 is 1.30 bits per heavy atom. The van der Waals surface area contributed by atoms with Gasteiger partial charge in [-0.3, -0.25) is 4.90 Å². The molecular weight excluding hydrogens is 252 g/mol. The zero-order chi connectivity index (χ0) is 13.9. The molecule has 112 valence electrons. The molecule has 1 aliphatic carbocycles. The number of ether oxygens (including phenoxy) is 1. The summed E-state index contributed by atoms with van der Waals surface area (Å²) in [4.78, 5) is 2.44. The van der Waals surface area contributed by atoms with Crippen molar-refractivity contribution in [1.82, 2.24) is 10.2 Å². The van der Waals surface area contributed by atoms with Gasteiger partial charge >= 0.3 is 0 Å². The van der Waals surface area contributed by atoms with Gasteiger partial charge in [-0.05, 0) is 43.9 Å². The lowest BCUT2D eigenvalue weighted by atomic mass is 9.96. The molecule has 0 radical (unpaired) electrons. The van der Waals surface area contributed by atoms with Crippen molar-refractivity contribution in [2.24, 2.45) is 5.92 Å². The molecule has 2 unspecified atom stereocenters. The van der Waals surface area contributed by atoms with Crippen LogP contribution in [0.5, 0.6) is 0 Å². The molecule has 4 heteroatoms. The van der Waals surface area contributed by atoms with Crippen LogP contribution in [0.2, 0.25) is 0 Å². The zero-order valence-corrected chi connectivity index (χ0v) is 12.6. The van der Waals surface area contributed by atoms with Crippen LogP contribution in [-0.4, -0.2) is 37.2 Å². The Bertz CT molecular complexity index is 428. The highest BCUT2D eigenvalue weighted by atomic mass is 16.5. The predicted molar refractivity (Wildman–Crippen MR) is 78.4 cm³/mol. The summed E-state index contributed by atoms with van der Waals surface area (Å²) >= 11 is 0. The van der Waals surface area contributed by atoms with Crippen molar-refractivity contribution in [3.05, 3.63) is 23.7 Å². The fourth-order valence-electron chi connectivity index (χ4n) is 2.90. The fraction of sp³-hybridized carbons (Fsp3) is 0.750. The number of nitrogens with one attached hydrogen (secondary N) is 1. The van der Waals surface area contributed by atoms with Gasteiger partial charge in [-0.1, -0.05) is 6.92 Å². The number of piperidine rings is 1. The topological polar surface area (TPSA) is 37.6 Å². The molecule has 20 heavy (non-hydrogen) atoms. The van der Waals surface area contributed by atoms with E-state index in [0.717, 1.165) is 43.7 Å². The molecule has 1 aromatic rings. The van der Waals surface area contributed by atoms with E-state index in [-0.39, 0.29) is 0 Å². The summed E-state index contributed by atoms with van der Waals surface area (Å²) in [5.74, 6) is 2.79. The normalized spacial score (nSPS) is 27.9. The van der Waals surface area contributed by atoms with E-state index in [1.165, 1.54) is 19.3 Å². The first-order valence-corrected chi connectivity index (χ1v) is 7.80. The van der Waals surface area contributed by atoms with Crippen molar-refractivity contribution in [2.45, 2.75) is 51.4 Å². The van der Waals surface area contributed by atoms with Crippen LogP contribution >= 0.6 is 0 Å². The van der Waals surface area contributed by atoms with E-state index in [0.29, 0.717) is 12.0 Å². The van der Waals surface area contributed by atoms with Crippen molar-refractivity contribution < 1.29 is 9.15 Å². The standard InChI is InChI=1S/C16H26N2O2/c1-12-7-8-18(11-16(12)19-2)10-15-6-5-14(20-15)9-17-13-3-4-13/h5-6,12-13,16-17H,3-4,7-11H2,1-2H3. The quantitative estimate of drug-likeness (QED) is 0.867. The molecule has 2 atom stereocenters. The number of hydrogen-bond donors (Lipinski definition) is 1. The van der Waals surface area contributed by atoms with Crippen molar-refractivity contribution >= 4 is 0 Å². The highest BCUT2D eigenvalue weighted by molar-refractivity contribution is 5.07. The van der Waals surface area contributed by atoms with E-state index in [1.807, 2.05) is 7.11 Å². The number of methoxy groups -OCH3 is 1. The molecule has 3 rings (SSSR count). The highest BCUT2D eigenvalue weighted by Crippen LogP contribution is 2.22. The SMILES string of the molecule is COC1CN(Cc2ccc(CNC3CC3)o2)CCC1C. The minimum absolute atomic E-state index is 0.356. The van der Waals surface area contributed by atoms with Gasteiger partial charge in [0.1, 0.15) is 11.5 Å². The van der Waals surface area contributed by atoms with Gasteiger partial charge in [0.2, 0.25) is 0 Å². The van der Waals surface area contributed by atoms with E-state index in [9.17, 15) is 0 Å². The summed E-state index contributed by atoms with van der Waals surface area (Å²) in [6.07, 6.45) is 4.19. The number of rotatable bonds is 6. The molecule has 1 N–H and O–H groups in total. The molecule has 1 aromatic heterocycles. The van der Waals surface area contributed by atoms with Crippen molar-refractivity contribution in [1.29, 1.82) is 0 Å². The molecule has 1 saturated heterocycles. The molecule has 0 aromatic carbocycles. The zero-order valence-electron chi connectivity index (χ0n) is 12.6. The molecule has 2 aliphatic rings. The smallest absolute Gasteiger partial charge is 0.118 e. The van der Waals surface area contributed by atoms with Gasteiger partial charge in [-0.15, -0.1) is 0 Å². The minimum Gasteiger partial charge on any atom is -0.463 e.